The number of ether oxygens (including phenoxy) is 4. The monoisotopic (exact) mass is 663 g/mol. The molecule has 2 amide bonds. The van der Waals surface area contributed by atoms with E-state index in [1.165, 1.54) is 38.6 Å². The molecule has 0 aliphatic carbocycles. The Labute approximate surface area is 272 Å². The second-order valence-corrected chi connectivity index (χ2v) is 13.2. The first-order chi connectivity index (χ1) is 22.7. The number of nitriles is 1. The summed E-state index contributed by atoms with van der Waals surface area (Å²) >= 11 is 0. The first-order valence-electron chi connectivity index (χ1n) is 15.1. The van der Waals surface area contributed by atoms with Gasteiger partial charge >= 0.3 is 22.0 Å². The smallest absolute Gasteiger partial charge is 0.497 e. The SMILES string of the molecule is CCOc1ncccc1C1C(=O)[N+](C(=O)OC2CNc3ccccc32)(S(=O)(=O)c2ccc(OC)cc2OC)CC(C#N)N1C1CNC1. The number of rotatable bonds is 9. The zero-order valence-electron chi connectivity index (χ0n) is 26.1. The molecule has 0 radical (unpaired) electrons. The molecule has 6 rings (SSSR count). The van der Waals surface area contributed by atoms with Crippen LogP contribution in [0.4, 0.5) is 10.5 Å². The van der Waals surface area contributed by atoms with E-state index in [0.29, 0.717) is 24.4 Å². The molecule has 2 saturated heterocycles. The lowest BCUT2D eigenvalue weighted by molar-refractivity contribution is -0.666. The number of imide groups is 1. The number of fused-ring (bicyclic) bond motifs is 1. The predicted molar refractivity (Wildman–Crippen MR) is 167 cm³/mol. The number of nitrogens with one attached hydrogen (secondary N) is 2. The van der Waals surface area contributed by atoms with E-state index in [1.807, 2.05) is 12.1 Å². The molecule has 14 nitrogen and oxygen atoms in total. The van der Waals surface area contributed by atoms with Gasteiger partial charge in [0, 0.05) is 48.2 Å². The van der Waals surface area contributed by atoms with E-state index in [-0.39, 0.29) is 36.4 Å². The van der Waals surface area contributed by atoms with Gasteiger partial charge in [-0.15, -0.1) is 0 Å². The van der Waals surface area contributed by atoms with Crippen molar-refractivity contribution in [2.24, 2.45) is 0 Å². The van der Waals surface area contributed by atoms with E-state index in [1.54, 1.807) is 36.1 Å². The summed E-state index contributed by atoms with van der Waals surface area (Å²) in [6.45, 7) is 2.27. The Morgan fingerprint density at radius 3 is 2.53 bits per heavy atom. The Balaban J connectivity index is 1.58. The van der Waals surface area contributed by atoms with Crippen molar-refractivity contribution in [2.45, 2.75) is 36.0 Å². The number of benzene rings is 2. The van der Waals surface area contributed by atoms with Crippen molar-refractivity contribution in [3.05, 3.63) is 71.9 Å². The molecule has 2 aromatic carbocycles. The summed E-state index contributed by atoms with van der Waals surface area (Å²) in [4.78, 5) is 35.5. The van der Waals surface area contributed by atoms with Crippen LogP contribution in [0.2, 0.25) is 0 Å². The first-order valence-corrected chi connectivity index (χ1v) is 16.5. The van der Waals surface area contributed by atoms with E-state index in [0.717, 1.165) is 5.69 Å². The average molecular weight is 664 g/mol. The number of piperazine rings is 1. The summed E-state index contributed by atoms with van der Waals surface area (Å²) < 4.78 is 50.8. The largest absolute Gasteiger partial charge is 0.540 e. The second-order valence-electron chi connectivity index (χ2n) is 11.2. The molecule has 0 spiro atoms. The summed E-state index contributed by atoms with van der Waals surface area (Å²) in [7, 11) is -2.37. The highest BCUT2D eigenvalue weighted by molar-refractivity contribution is 7.86. The van der Waals surface area contributed by atoms with E-state index in [4.69, 9.17) is 18.9 Å². The molecule has 47 heavy (non-hydrogen) atoms. The van der Waals surface area contributed by atoms with Crippen LogP contribution in [0.25, 0.3) is 0 Å². The van der Waals surface area contributed by atoms with Crippen LogP contribution < -0.4 is 24.8 Å². The number of hydrogen-bond donors (Lipinski definition) is 2. The fourth-order valence-electron chi connectivity index (χ4n) is 6.35. The lowest BCUT2D eigenvalue weighted by Crippen LogP contribution is -2.75. The maximum atomic E-state index is 15.3. The van der Waals surface area contributed by atoms with Gasteiger partial charge in [0.25, 0.3) is 0 Å². The van der Waals surface area contributed by atoms with Crippen molar-refractivity contribution in [1.82, 2.24) is 15.2 Å². The number of pyridine rings is 1. The number of carbonyl (C=O) groups is 2. The quantitative estimate of drug-likeness (QED) is 0.321. The fourth-order valence-corrected chi connectivity index (χ4v) is 8.24. The maximum absolute atomic E-state index is 15.3. The van der Waals surface area contributed by atoms with E-state index in [9.17, 15) is 10.1 Å². The Morgan fingerprint density at radius 2 is 1.85 bits per heavy atom. The summed E-state index contributed by atoms with van der Waals surface area (Å²) in [5.41, 5.74) is 1.57. The van der Waals surface area contributed by atoms with Gasteiger partial charge in [0.05, 0.1) is 33.4 Å². The zero-order valence-corrected chi connectivity index (χ0v) is 26.9. The average Bonchev–Trinajstić information content (AvgIpc) is 3.47. The highest BCUT2D eigenvalue weighted by atomic mass is 32.2. The molecule has 246 valence electrons. The number of methoxy groups -OCH3 is 2. The van der Waals surface area contributed by atoms with E-state index < -0.39 is 55.5 Å². The molecule has 0 bridgehead atoms. The third kappa shape index (κ3) is 5.23. The molecule has 1 aromatic heterocycles. The number of sulfonamides is 1. The van der Waals surface area contributed by atoms with Gasteiger partial charge in [-0.1, -0.05) is 18.2 Å². The molecule has 3 aromatic rings. The third-order valence-corrected chi connectivity index (χ3v) is 11.0. The second kappa shape index (κ2) is 12.8. The van der Waals surface area contributed by atoms with Crippen molar-refractivity contribution in [1.29, 1.82) is 5.26 Å². The number of carbonyl (C=O) groups excluding carboxylic acids is 2. The van der Waals surface area contributed by atoms with Gasteiger partial charge in [-0.3, -0.25) is 4.90 Å². The van der Waals surface area contributed by atoms with Crippen molar-refractivity contribution in [3.8, 4) is 23.4 Å². The molecule has 2 N–H and O–H groups in total. The Kier molecular flexibility index (Phi) is 8.77. The van der Waals surface area contributed by atoms with E-state index in [2.05, 4.69) is 21.7 Å². The summed E-state index contributed by atoms with van der Waals surface area (Å²) in [5, 5.41) is 16.9. The number of amides is 2. The van der Waals surface area contributed by atoms with Gasteiger partial charge in [0.15, 0.2) is 23.1 Å². The molecule has 4 heterocycles. The van der Waals surface area contributed by atoms with Crippen molar-refractivity contribution >= 4 is 27.7 Å². The number of aromatic nitrogens is 1. The first kappa shape index (κ1) is 32.2. The standard InChI is InChI=1S/C32H35N6O8S/c1-4-45-30-24(9-7-13-35-30)29-31(39)38(19-20(15-33)37(29)21-16-34-17-21,32(40)46-27-18-36-25-10-6-5-8-23(25)27)47(41,42)28-12-11-22(43-2)14-26(28)44-3/h5-14,20-21,27,29,34,36H,4,16-19H2,1-3H3/q+1. The molecule has 4 unspecified atom stereocenters. The zero-order chi connectivity index (χ0) is 33.3. The van der Waals surface area contributed by atoms with Crippen molar-refractivity contribution in [3.63, 3.8) is 0 Å². The minimum atomic E-state index is -5.05. The van der Waals surface area contributed by atoms with Gasteiger partial charge in [0.2, 0.25) is 5.88 Å². The van der Waals surface area contributed by atoms with Crippen LogP contribution in [-0.4, -0.2) is 93.3 Å². The minimum Gasteiger partial charge on any atom is -0.497 e. The van der Waals surface area contributed by atoms with Crippen LogP contribution in [-0.2, 0) is 19.6 Å². The van der Waals surface area contributed by atoms with Crippen molar-refractivity contribution < 1.29 is 40.8 Å². The number of anilines is 1. The van der Waals surface area contributed by atoms with Gasteiger partial charge in [-0.05, 0) is 41.1 Å². The lowest BCUT2D eigenvalue weighted by atomic mass is 9.94. The molecule has 15 heteroatoms. The Hall–Kier alpha value is -4.75. The summed E-state index contributed by atoms with van der Waals surface area (Å²) in [5.74, 6) is -0.799. The Morgan fingerprint density at radius 1 is 1.09 bits per heavy atom. The number of nitrogens with zero attached hydrogens (tertiary/aromatic N) is 4. The van der Waals surface area contributed by atoms with Gasteiger partial charge < -0.3 is 29.6 Å². The number of quaternary nitrogens is 1. The maximum Gasteiger partial charge on any atom is 0.540 e. The van der Waals surface area contributed by atoms with Gasteiger partial charge in [-0.2, -0.15) is 18.5 Å². The van der Waals surface area contributed by atoms with Gasteiger partial charge in [-0.25, -0.2) is 9.78 Å². The molecular weight excluding hydrogens is 628 g/mol. The molecule has 2 fully saturated rings. The van der Waals surface area contributed by atoms with E-state index >= 15 is 13.2 Å². The van der Waals surface area contributed by atoms with Crippen LogP contribution in [0, 0.1) is 11.3 Å². The van der Waals surface area contributed by atoms with Crippen LogP contribution >= 0.6 is 0 Å². The van der Waals surface area contributed by atoms with Crippen LogP contribution in [0.15, 0.2) is 65.7 Å². The third-order valence-electron chi connectivity index (χ3n) is 8.77. The molecule has 0 saturated carbocycles. The van der Waals surface area contributed by atoms with Crippen LogP contribution in [0.3, 0.4) is 0 Å². The fraction of sp³-hybridized carbons (Fsp3) is 0.375. The van der Waals surface area contributed by atoms with Crippen LogP contribution in [0.5, 0.6) is 17.4 Å². The molecule has 3 aliphatic rings. The normalized spacial score (nSPS) is 24.3. The van der Waals surface area contributed by atoms with Gasteiger partial charge in [0.1, 0.15) is 18.0 Å². The highest BCUT2D eigenvalue weighted by Crippen LogP contribution is 2.46. The van der Waals surface area contributed by atoms with Crippen molar-refractivity contribution in [2.75, 3.05) is 52.3 Å². The highest BCUT2D eigenvalue weighted by Gasteiger charge is 2.68. The predicted octanol–water partition coefficient (Wildman–Crippen LogP) is 2.75. The molecule has 4 atom stereocenters. The summed E-state index contributed by atoms with van der Waals surface area (Å²) in [6.07, 6.45) is -0.756. The Bertz CT molecular complexity index is 1840. The topological polar surface area (TPSA) is 169 Å². The molecular formula is C32H35N6O8S+. The lowest BCUT2D eigenvalue weighted by Gasteiger charge is -2.49. The number of para-hydroxylation sites is 1. The molecule has 3 aliphatic heterocycles. The summed E-state index contributed by atoms with van der Waals surface area (Å²) in [6, 6.07) is 13.5. The minimum absolute atomic E-state index is 0.0871. The van der Waals surface area contributed by atoms with Crippen LogP contribution in [0.1, 0.15) is 30.2 Å². The number of hydrogen-bond acceptors (Lipinski definition) is 13.